The van der Waals surface area contributed by atoms with E-state index in [4.69, 9.17) is 0 Å². The van der Waals surface area contributed by atoms with Crippen LogP contribution in [0.15, 0.2) is 0 Å². The molecule has 0 radical (unpaired) electrons. The maximum absolute atomic E-state index is 3.49. The monoisotopic (exact) mass is 374 g/mol. The van der Waals surface area contributed by atoms with Gasteiger partial charge in [0.05, 0.1) is 0 Å². The van der Waals surface area contributed by atoms with E-state index in [-0.39, 0.29) is 29.6 Å². The minimum atomic E-state index is -2.78. The normalized spacial score (nSPS) is 9.08. The summed E-state index contributed by atoms with van der Waals surface area (Å²) in [7, 11) is 0. The summed E-state index contributed by atoms with van der Waals surface area (Å²) >= 11 is -2.78. The van der Waals surface area contributed by atoms with Gasteiger partial charge < -0.3 is 19.1 Å². The van der Waals surface area contributed by atoms with E-state index in [2.05, 4.69) is 70.5 Å². The average Bonchev–Trinajstić information content (AvgIpc) is 2.63. The van der Waals surface area contributed by atoms with Crippen LogP contribution < -0.4 is 29.6 Å². The molecule has 0 saturated carbocycles. The zero-order valence-corrected chi connectivity index (χ0v) is 21.2. The SMILES string of the molecule is CCCCC#[C][Al-]([C]#CCCCC)([C]#CCCCC)[C]#CCCCC.[Na+]. The van der Waals surface area contributed by atoms with Gasteiger partial charge in [0.25, 0.3) is 0 Å². The van der Waals surface area contributed by atoms with E-state index in [1.165, 1.54) is 25.7 Å². The average molecular weight is 375 g/mol. The van der Waals surface area contributed by atoms with Gasteiger partial charge in [0.2, 0.25) is 0 Å². The minimum absolute atomic E-state index is 0. The molecule has 0 bridgehead atoms. The van der Waals surface area contributed by atoms with Crippen LogP contribution in [0.2, 0.25) is 0 Å². The molecule has 0 unspecified atom stereocenters. The van der Waals surface area contributed by atoms with Gasteiger partial charge in [-0.3, -0.25) is 0 Å². The Kier molecular flexibility index (Phi) is 22.7. The van der Waals surface area contributed by atoms with Crippen LogP contribution in [0.4, 0.5) is 0 Å². The molecule has 0 fully saturated rings. The van der Waals surface area contributed by atoms with Gasteiger partial charge in [0, 0.05) is 25.7 Å². The summed E-state index contributed by atoms with van der Waals surface area (Å²) < 4.78 is 0. The predicted molar refractivity (Wildman–Crippen MR) is 115 cm³/mol. The fourth-order valence-corrected chi connectivity index (χ4v) is 4.41. The molecule has 0 aromatic rings. The zero-order chi connectivity index (χ0) is 18.6. The van der Waals surface area contributed by atoms with Gasteiger partial charge in [-0.1, -0.05) is 53.4 Å². The molecule has 26 heavy (non-hydrogen) atoms. The Morgan fingerprint density at radius 1 is 0.462 bits per heavy atom. The van der Waals surface area contributed by atoms with E-state index < -0.39 is 13.1 Å². The van der Waals surface area contributed by atoms with Crippen molar-refractivity contribution in [2.24, 2.45) is 0 Å². The van der Waals surface area contributed by atoms with Crippen molar-refractivity contribution in [2.75, 3.05) is 0 Å². The predicted octanol–water partition coefficient (Wildman–Crippen LogP) is 3.37. The van der Waals surface area contributed by atoms with E-state index in [0.717, 1.165) is 51.4 Å². The molecular formula is C24H36AlNa. The van der Waals surface area contributed by atoms with Crippen molar-refractivity contribution < 1.29 is 29.6 Å². The van der Waals surface area contributed by atoms with Crippen LogP contribution in [0.5, 0.6) is 0 Å². The maximum Gasteiger partial charge on any atom is 1.00 e. The van der Waals surface area contributed by atoms with Crippen LogP contribution >= 0.6 is 0 Å². The molecule has 0 aliphatic carbocycles. The summed E-state index contributed by atoms with van der Waals surface area (Å²) in [5.74, 6) is 13.5. The molecule has 0 saturated heterocycles. The Bertz CT molecular complexity index is 465. The standard InChI is InChI=1S/4C6H9.Al.Na/c4*1-3-5-6-4-2;;/h4*3,5-6H2,1H3;;/q;;;;-1;+1. The molecule has 0 rings (SSSR count). The Morgan fingerprint density at radius 3 is 0.885 bits per heavy atom. The third-order valence-corrected chi connectivity index (χ3v) is 6.44. The Morgan fingerprint density at radius 2 is 0.692 bits per heavy atom. The van der Waals surface area contributed by atoms with Crippen LogP contribution in [0.3, 0.4) is 0 Å². The fraction of sp³-hybridized carbons (Fsp3) is 0.667. The molecule has 0 N–H and O–H groups in total. The van der Waals surface area contributed by atoms with Crippen LogP contribution in [0, 0.1) is 42.8 Å². The third-order valence-electron chi connectivity index (χ3n) is 3.90. The largest absolute Gasteiger partial charge is 1.00 e. The van der Waals surface area contributed by atoms with Crippen molar-refractivity contribution in [3.8, 4) is 42.8 Å². The summed E-state index contributed by atoms with van der Waals surface area (Å²) in [5.41, 5.74) is 0. The zero-order valence-electron chi connectivity index (χ0n) is 18.1. The molecule has 136 valence electrons. The van der Waals surface area contributed by atoms with Crippen molar-refractivity contribution in [3.63, 3.8) is 0 Å². The van der Waals surface area contributed by atoms with Gasteiger partial charge in [0.15, 0.2) is 0 Å². The summed E-state index contributed by atoms with van der Waals surface area (Å²) in [6.45, 7) is 8.81. The minimum Gasteiger partial charge on any atom is -0.311 e. The summed E-state index contributed by atoms with van der Waals surface area (Å²) in [4.78, 5) is 14.0. The van der Waals surface area contributed by atoms with E-state index in [0.29, 0.717) is 0 Å². The summed E-state index contributed by atoms with van der Waals surface area (Å²) in [6.07, 6.45) is 13.1. The smallest absolute Gasteiger partial charge is 0.311 e. The molecule has 0 amide bonds. The van der Waals surface area contributed by atoms with Crippen molar-refractivity contribution >= 4 is 13.1 Å². The molecule has 0 aromatic heterocycles. The number of unbranched alkanes of at least 4 members (excludes halogenated alkanes) is 8. The number of rotatable bonds is 8. The molecule has 0 aliphatic heterocycles. The van der Waals surface area contributed by atoms with Crippen molar-refractivity contribution in [3.05, 3.63) is 0 Å². The second-order valence-electron chi connectivity index (χ2n) is 6.56. The topological polar surface area (TPSA) is 0 Å². The van der Waals surface area contributed by atoms with Crippen LogP contribution in [0.1, 0.15) is 105 Å². The van der Waals surface area contributed by atoms with Gasteiger partial charge in [-0.05, 0) is 25.7 Å². The summed E-state index contributed by atoms with van der Waals surface area (Å²) in [5, 5.41) is 0. The quantitative estimate of drug-likeness (QED) is 0.347. The molecule has 2 heteroatoms. The van der Waals surface area contributed by atoms with E-state index >= 15 is 0 Å². The molecule has 0 heterocycles. The number of hydrogen-bond acceptors (Lipinski definition) is 0. The van der Waals surface area contributed by atoms with Gasteiger partial charge in [-0.15, -0.1) is 0 Å². The molecule has 0 aliphatic rings. The van der Waals surface area contributed by atoms with Gasteiger partial charge in [-0.2, -0.15) is 23.7 Å². The van der Waals surface area contributed by atoms with Gasteiger partial charge >= 0.3 is 42.6 Å². The second kappa shape index (κ2) is 21.1. The molecule has 0 aromatic carbocycles. The first-order valence-electron chi connectivity index (χ1n) is 10.4. The van der Waals surface area contributed by atoms with Crippen LogP contribution in [-0.4, -0.2) is 13.1 Å². The summed E-state index contributed by atoms with van der Waals surface area (Å²) in [6, 6.07) is 0. The molecule has 0 atom stereocenters. The van der Waals surface area contributed by atoms with E-state index in [9.17, 15) is 0 Å². The van der Waals surface area contributed by atoms with Gasteiger partial charge in [-0.25, -0.2) is 0 Å². The Balaban J connectivity index is 0. The van der Waals surface area contributed by atoms with E-state index in [1.54, 1.807) is 0 Å². The van der Waals surface area contributed by atoms with Crippen molar-refractivity contribution in [1.82, 2.24) is 0 Å². The second-order valence-corrected chi connectivity index (χ2v) is 9.45. The van der Waals surface area contributed by atoms with Crippen LogP contribution in [0.25, 0.3) is 0 Å². The molecular weight excluding hydrogens is 338 g/mol. The first-order chi connectivity index (χ1) is 12.2. The van der Waals surface area contributed by atoms with Crippen LogP contribution in [-0.2, 0) is 0 Å². The van der Waals surface area contributed by atoms with Crippen molar-refractivity contribution in [2.45, 2.75) is 105 Å². The van der Waals surface area contributed by atoms with E-state index in [1.807, 2.05) is 0 Å². The maximum atomic E-state index is 3.49. The number of hydrogen-bond donors (Lipinski definition) is 0. The fourth-order valence-electron chi connectivity index (χ4n) is 2.18. The first-order valence-corrected chi connectivity index (χ1v) is 12.7. The Labute approximate surface area is 189 Å². The third kappa shape index (κ3) is 16.0. The Hall–Kier alpha value is -0.228. The van der Waals surface area contributed by atoms with Crippen molar-refractivity contribution in [1.29, 1.82) is 0 Å². The first kappa shape index (κ1) is 28.0. The molecule has 0 spiro atoms. The molecule has 0 nitrogen and oxygen atoms in total. The van der Waals surface area contributed by atoms with Gasteiger partial charge in [0.1, 0.15) is 0 Å².